The highest BCUT2D eigenvalue weighted by molar-refractivity contribution is 7.57. The minimum Gasteiger partial charge on any atom is -0.480 e. The molecule has 9 nitrogen and oxygen atoms in total. The Balaban J connectivity index is 4.41. The van der Waals surface area contributed by atoms with Gasteiger partial charge in [-0.25, -0.2) is 9.86 Å². The Morgan fingerprint density at radius 2 is 1.85 bits per heavy atom. The molecule has 20 heavy (non-hydrogen) atoms. The van der Waals surface area contributed by atoms with E-state index in [4.69, 9.17) is 10.00 Å². The van der Waals surface area contributed by atoms with E-state index < -0.39 is 43.6 Å². The molecule has 0 rings (SSSR count). The van der Waals surface area contributed by atoms with Crippen molar-refractivity contribution in [1.82, 2.24) is 10.4 Å². The molecule has 0 bridgehead atoms. The van der Waals surface area contributed by atoms with Crippen LogP contribution in [-0.2, 0) is 14.2 Å². The Hall–Kier alpha value is -0.990. The highest BCUT2D eigenvalue weighted by Crippen LogP contribution is 2.39. The van der Waals surface area contributed by atoms with Gasteiger partial charge in [-0.05, 0) is 5.92 Å². The standard InChI is InChI=1S/C10H21N2O7P/c1-6(2)9(10(15)16)12(17)7(13)4-11-5-8(14)20(3,18)19/h6,8-9,11,14,17H,4-5H2,1-3H3,(H,15,16)(H,18,19). The number of carbonyl (C=O) groups is 2. The van der Waals surface area contributed by atoms with Gasteiger partial charge in [0.05, 0.1) is 6.54 Å². The first-order chi connectivity index (χ1) is 8.98. The maximum absolute atomic E-state index is 11.6. The van der Waals surface area contributed by atoms with Crippen molar-refractivity contribution in [2.75, 3.05) is 19.8 Å². The second-order valence-corrected chi connectivity index (χ2v) is 7.30. The maximum Gasteiger partial charge on any atom is 0.329 e. The van der Waals surface area contributed by atoms with Crippen LogP contribution in [0.15, 0.2) is 0 Å². The van der Waals surface area contributed by atoms with Gasteiger partial charge in [0, 0.05) is 13.2 Å². The smallest absolute Gasteiger partial charge is 0.329 e. The summed E-state index contributed by atoms with van der Waals surface area (Å²) in [6.07, 6.45) is 0. The molecule has 10 heteroatoms. The van der Waals surface area contributed by atoms with Crippen molar-refractivity contribution < 1.29 is 34.5 Å². The number of hydroxylamine groups is 2. The summed E-state index contributed by atoms with van der Waals surface area (Å²) in [5.74, 6) is -4.30. The summed E-state index contributed by atoms with van der Waals surface area (Å²) in [7, 11) is -3.68. The quantitative estimate of drug-likeness (QED) is 0.220. The number of nitrogens with one attached hydrogen (secondary N) is 1. The molecule has 0 aliphatic carbocycles. The van der Waals surface area contributed by atoms with E-state index in [1.165, 1.54) is 13.8 Å². The van der Waals surface area contributed by atoms with Gasteiger partial charge in [-0.1, -0.05) is 13.8 Å². The Morgan fingerprint density at radius 3 is 2.20 bits per heavy atom. The first-order valence-electron chi connectivity index (χ1n) is 5.91. The summed E-state index contributed by atoms with van der Waals surface area (Å²) in [6.45, 7) is 3.24. The van der Waals surface area contributed by atoms with Crippen LogP contribution in [0.3, 0.4) is 0 Å². The lowest BCUT2D eigenvalue weighted by atomic mass is 10.0. The van der Waals surface area contributed by atoms with Crippen LogP contribution in [0.4, 0.5) is 0 Å². The van der Waals surface area contributed by atoms with Crippen LogP contribution < -0.4 is 5.32 Å². The van der Waals surface area contributed by atoms with Gasteiger partial charge < -0.3 is 20.4 Å². The molecule has 0 fully saturated rings. The Kier molecular flexibility index (Phi) is 7.32. The molecule has 118 valence electrons. The van der Waals surface area contributed by atoms with Crippen LogP contribution in [0.1, 0.15) is 13.8 Å². The molecule has 0 saturated heterocycles. The van der Waals surface area contributed by atoms with Crippen molar-refractivity contribution >= 4 is 19.2 Å². The van der Waals surface area contributed by atoms with Gasteiger partial charge in [-0.3, -0.25) is 14.6 Å². The van der Waals surface area contributed by atoms with Crippen molar-refractivity contribution in [2.45, 2.75) is 25.7 Å². The number of nitrogens with zero attached hydrogens (tertiary/aromatic N) is 1. The average Bonchev–Trinajstić information content (AvgIpc) is 2.26. The second kappa shape index (κ2) is 7.70. The van der Waals surface area contributed by atoms with E-state index in [0.29, 0.717) is 0 Å². The number of carboxylic acids is 1. The molecule has 0 aromatic rings. The number of aliphatic carboxylic acids is 1. The highest BCUT2D eigenvalue weighted by Gasteiger charge is 2.31. The molecular weight excluding hydrogens is 291 g/mol. The van der Waals surface area contributed by atoms with Crippen LogP contribution in [0.25, 0.3) is 0 Å². The van der Waals surface area contributed by atoms with Gasteiger partial charge in [-0.2, -0.15) is 0 Å². The van der Waals surface area contributed by atoms with Crippen molar-refractivity contribution in [3.8, 4) is 0 Å². The zero-order chi connectivity index (χ0) is 16.1. The Bertz CT molecular complexity index is 395. The predicted molar refractivity (Wildman–Crippen MR) is 69.5 cm³/mol. The average molecular weight is 312 g/mol. The fourth-order valence-corrected chi connectivity index (χ4v) is 1.85. The SMILES string of the molecule is CC(C)C(C(=O)O)N(O)C(=O)CNCC(O)P(C)(=O)O. The maximum atomic E-state index is 11.6. The Morgan fingerprint density at radius 1 is 1.35 bits per heavy atom. The minimum atomic E-state index is -3.68. The van der Waals surface area contributed by atoms with E-state index in [9.17, 15) is 24.5 Å². The molecule has 3 atom stereocenters. The number of carbonyl (C=O) groups excluding carboxylic acids is 1. The highest BCUT2D eigenvalue weighted by atomic mass is 31.2. The van der Waals surface area contributed by atoms with Gasteiger partial charge in [0.2, 0.25) is 7.37 Å². The number of aliphatic hydroxyl groups excluding tert-OH is 1. The van der Waals surface area contributed by atoms with Gasteiger partial charge in [0.25, 0.3) is 5.91 Å². The normalized spacial score (nSPS) is 17.4. The zero-order valence-corrected chi connectivity index (χ0v) is 12.4. The number of aliphatic hydroxyl groups is 1. The predicted octanol–water partition coefficient (Wildman–Crippen LogP) is -0.878. The fraction of sp³-hybridized carbons (Fsp3) is 0.800. The zero-order valence-electron chi connectivity index (χ0n) is 11.6. The molecule has 0 aliphatic rings. The van der Waals surface area contributed by atoms with Gasteiger partial charge in [0.1, 0.15) is 5.85 Å². The summed E-state index contributed by atoms with van der Waals surface area (Å²) in [6, 6.07) is -1.38. The summed E-state index contributed by atoms with van der Waals surface area (Å²) in [5, 5.41) is 30.2. The van der Waals surface area contributed by atoms with E-state index >= 15 is 0 Å². The molecule has 1 amide bonds. The molecule has 3 unspecified atom stereocenters. The van der Waals surface area contributed by atoms with Crippen molar-refractivity contribution in [3.63, 3.8) is 0 Å². The lowest BCUT2D eigenvalue weighted by Crippen LogP contribution is -2.49. The lowest BCUT2D eigenvalue weighted by molar-refractivity contribution is -0.189. The monoisotopic (exact) mass is 312 g/mol. The second-order valence-electron chi connectivity index (χ2n) is 4.82. The van der Waals surface area contributed by atoms with Crippen LogP contribution in [0.5, 0.6) is 0 Å². The van der Waals surface area contributed by atoms with E-state index in [2.05, 4.69) is 5.32 Å². The molecule has 0 aromatic carbocycles. The van der Waals surface area contributed by atoms with Crippen molar-refractivity contribution in [3.05, 3.63) is 0 Å². The molecule has 0 spiro atoms. The number of hydrogen-bond donors (Lipinski definition) is 5. The molecule has 0 aliphatic heterocycles. The van der Waals surface area contributed by atoms with Crippen molar-refractivity contribution in [1.29, 1.82) is 0 Å². The first-order valence-corrected chi connectivity index (χ1v) is 8.08. The number of rotatable bonds is 8. The Labute approximate surface area is 116 Å². The largest absolute Gasteiger partial charge is 0.480 e. The molecule has 0 aromatic heterocycles. The minimum absolute atomic E-state index is 0.108. The number of carboxylic acid groups (broad SMARTS) is 1. The van der Waals surface area contributed by atoms with E-state index in [-0.39, 0.29) is 11.6 Å². The van der Waals surface area contributed by atoms with E-state index in [1.807, 2.05) is 0 Å². The molecule has 0 saturated carbocycles. The third kappa shape index (κ3) is 5.98. The summed E-state index contributed by atoms with van der Waals surface area (Å²) in [4.78, 5) is 31.5. The van der Waals surface area contributed by atoms with Crippen LogP contribution >= 0.6 is 7.37 Å². The topological polar surface area (TPSA) is 147 Å². The van der Waals surface area contributed by atoms with Crippen LogP contribution in [0, 0.1) is 5.92 Å². The van der Waals surface area contributed by atoms with Crippen LogP contribution in [0.2, 0.25) is 0 Å². The number of hydrogen-bond acceptors (Lipinski definition) is 6. The third-order valence-electron chi connectivity index (χ3n) is 2.56. The van der Waals surface area contributed by atoms with E-state index in [1.54, 1.807) is 0 Å². The molecule has 5 N–H and O–H groups in total. The summed E-state index contributed by atoms with van der Waals surface area (Å²) < 4.78 is 11.1. The molecule has 0 heterocycles. The van der Waals surface area contributed by atoms with Gasteiger partial charge >= 0.3 is 5.97 Å². The molecular formula is C10H21N2O7P. The molecule has 0 radical (unpaired) electrons. The summed E-state index contributed by atoms with van der Waals surface area (Å²) in [5.41, 5.74) is 0. The summed E-state index contributed by atoms with van der Waals surface area (Å²) >= 11 is 0. The van der Waals surface area contributed by atoms with E-state index in [0.717, 1.165) is 6.66 Å². The number of amides is 1. The van der Waals surface area contributed by atoms with Crippen LogP contribution in [-0.4, -0.2) is 68.9 Å². The fourth-order valence-electron chi connectivity index (χ4n) is 1.39. The van der Waals surface area contributed by atoms with Gasteiger partial charge in [-0.15, -0.1) is 0 Å². The third-order valence-corrected chi connectivity index (χ3v) is 3.85. The van der Waals surface area contributed by atoms with Gasteiger partial charge in [0.15, 0.2) is 6.04 Å². The lowest BCUT2D eigenvalue weighted by Gasteiger charge is -2.25. The van der Waals surface area contributed by atoms with Crippen molar-refractivity contribution in [2.24, 2.45) is 5.92 Å². The first kappa shape index (κ1) is 19.0.